The van der Waals surface area contributed by atoms with E-state index < -0.39 is 29.9 Å². The van der Waals surface area contributed by atoms with E-state index in [0.29, 0.717) is 19.4 Å². The highest BCUT2D eigenvalue weighted by molar-refractivity contribution is 5.67. The number of carbonyl (C=O) groups excluding carboxylic acids is 2. The van der Waals surface area contributed by atoms with Crippen molar-refractivity contribution in [3.63, 3.8) is 0 Å². The summed E-state index contributed by atoms with van der Waals surface area (Å²) >= 11 is 0. The van der Waals surface area contributed by atoms with Crippen LogP contribution >= 0.6 is 0 Å². The lowest BCUT2D eigenvalue weighted by atomic mass is 9.72. The van der Waals surface area contributed by atoms with E-state index in [9.17, 15) is 9.59 Å². The number of carbonyl (C=O) groups is 2. The summed E-state index contributed by atoms with van der Waals surface area (Å²) in [5.74, 6) is -1.07. The van der Waals surface area contributed by atoms with Crippen molar-refractivity contribution in [2.45, 2.75) is 57.3 Å². The van der Waals surface area contributed by atoms with Gasteiger partial charge in [-0.1, -0.05) is 30.3 Å². The molecule has 138 valence electrons. The number of ether oxygens (including phenoxy) is 4. The molecule has 2 rings (SSSR count). The predicted molar refractivity (Wildman–Crippen MR) is 89.3 cm³/mol. The van der Waals surface area contributed by atoms with Crippen LogP contribution in [0.4, 0.5) is 0 Å². The Labute approximate surface area is 147 Å². The van der Waals surface area contributed by atoms with Crippen LogP contribution in [-0.2, 0) is 35.1 Å². The van der Waals surface area contributed by atoms with Crippen molar-refractivity contribution in [2.75, 3.05) is 7.11 Å². The largest absolute Gasteiger partial charge is 0.454 e. The van der Waals surface area contributed by atoms with Gasteiger partial charge in [-0.2, -0.15) is 0 Å². The molecular formula is C18H25NO6. The maximum Gasteiger partial charge on any atom is 0.304 e. The molecule has 0 amide bonds. The van der Waals surface area contributed by atoms with Crippen molar-refractivity contribution < 1.29 is 28.5 Å². The first-order chi connectivity index (χ1) is 11.9. The van der Waals surface area contributed by atoms with Gasteiger partial charge in [-0.05, 0) is 5.56 Å². The highest BCUT2D eigenvalue weighted by atomic mass is 16.6. The minimum atomic E-state index is -1.10. The summed E-state index contributed by atoms with van der Waals surface area (Å²) in [5.41, 5.74) is 6.15. The highest BCUT2D eigenvalue weighted by Gasteiger charge is 2.55. The van der Waals surface area contributed by atoms with E-state index in [0.717, 1.165) is 5.56 Å². The predicted octanol–water partition coefficient (Wildman–Crippen LogP) is 1.53. The molecule has 0 saturated heterocycles. The Kier molecular flexibility index (Phi) is 6.52. The van der Waals surface area contributed by atoms with Gasteiger partial charge < -0.3 is 18.9 Å². The maximum atomic E-state index is 11.4. The molecule has 7 heteroatoms. The van der Waals surface area contributed by atoms with Gasteiger partial charge in [-0.3, -0.25) is 15.3 Å². The van der Waals surface area contributed by atoms with E-state index in [4.69, 9.17) is 24.7 Å². The minimum Gasteiger partial charge on any atom is -0.454 e. The van der Waals surface area contributed by atoms with Gasteiger partial charge in [0.1, 0.15) is 5.60 Å². The Bertz CT molecular complexity index is 584. The third-order valence-corrected chi connectivity index (χ3v) is 4.29. The van der Waals surface area contributed by atoms with Crippen LogP contribution in [0.25, 0.3) is 0 Å². The standard InChI is InChI=1S/C18H25NO6/c1-12(20)24-16(17(19)25-13(2)21)18(22-3)9-15(10-18)23-11-14-7-5-4-6-8-14/h4-8,15-17H,9-11,19H2,1-3H3/t15-,16-,17+,18+/m0/s1. The lowest BCUT2D eigenvalue weighted by Crippen LogP contribution is -2.64. The van der Waals surface area contributed by atoms with Gasteiger partial charge in [0.2, 0.25) is 0 Å². The first kappa shape index (κ1) is 19.4. The summed E-state index contributed by atoms with van der Waals surface area (Å²) in [5, 5.41) is 0. The van der Waals surface area contributed by atoms with E-state index in [-0.39, 0.29) is 6.10 Å². The molecule has 1 saturated carbocycles. The summed E-state index contributed by atoms with van der Waals surface area (Å²) < 4.78 is 21.8. The molecular weight excluding hydrogens is 326 g/mol. The molecule has 0 unspecified atom stereocenters. The minimum absolute atomic E-state index is 0.0530. The zero-order valence-electron chi connectivity index (χ0n) is 14.8. The van der Waals surface area contributed by atoms with Crippen molar-refractivity contribution in [1.29, 1.82) is 0 Å². The summed E-state index contributed by atoms with van der Waals surface area (Å²) in [4.78, 5) is 22.6. The van der Waals surface area contributed by atoms with Crippen LogP contribution in [0.2, 0.25) is 0 Å². The molecule has 2 N–H and O–H groups in total. The smallest absolute Gasteiger partial charge is 0.304 e. The Hall–Kier alpha value is -1.96. The van der Waals surface area contributed by atoms with E-state index in [2.05, 4.69) is 0 Å². The van der Waals surface area contributed by atoms with Crippen LogP contribution in [0.1, 0.15) is 32.3 Å². The average Bonchev–Trinajstić information content (AvgIpc) is 2.52. The molecule has 0 bridgehead atoms. The second-order valence-electron chi connectivity index (χ2n) is 6.20. The Morgan fingerprint density at radius 2 is 1.76 bits per heavy atom. The molecule has 7 nitrogen and oxygen atoms in total. The number of methoxy groups -OCH3 is 1. The second kappa shape index (κ2) is 8.42. The highest BCUT2D eigenvalue weighted by Crippen LogP contribution is 2.43. The second-order valence-corrected chi connectivity index (χ2v) is 6.20. The molecule has 1 aromatic carbocycles. The Balaban J connectivity index is 1.98. The molecule has 0 radical (unpaired) electrons. The fourth-order valence-electron chi connectivity index (χ4n) is 3.04. The van der Waals surface area contributed by atoms with Gasteiger partial charge in [0.25, 0.3) is 0 Å². The number of benzene rings is 1. The van der Waals surface area contributed by atoms with Crippen LogP contribution in [0.15, 0.2) is 30.3 Å². The molecule has 1 aliphatic carbocycles. The van der Waals surface area contributed by atoms with Crippen LogP contribution in [0.3, 0.4) is 0 Å². The maximum absolute atomic E-state index is 11.4. The zero-order valence-corrected chi connectivity index (χ0v) is 14.8. The zero-order chi connectivity index (χ0) is 18.4. The van der Waals surface area contributed by atoms with Gasteiger partial charge in [-0.15, -0.1) is 0 Å². The molecule has 25 heavy (non-hydrogen) atoms. The molecule has 0 spiro atoms. The fraction of sp³-hybridized carbons (Fsp3) is 0.556. The van der Waals surface area contributed by atoms with Crippen molar-refractivity contribution in [3.05, 3.63) is 35.9 Å². The summed E-state index contributed by atoms with van der Waals surface area (Å²) in [7, 11) is 1.52. The van der Waals surface area contributed by atoms with E-state index in [1.807, 2.05) is 30.3 Å². The lowest BCUT2D eigenvalue weighted by Gasteiger charge is -2.50. The quantitative estimate of drug-likeness (QED) is 0.560. The monoisotopic (exact) mass is 351 g/mol. The molecule has 0 heterocycles. The topological polar surface area (TPSA) is 97.1 Å². The average molecular weight is 351 g/mol. The van der Waals surface area contributed by atoms with Crippen molar-refractivity contribution in [2.24, 2.45) is 5.73 Å². The van der Waals surface area contributed by atoms with E-state index >= 15 is 0 Å². The lowest BCUT2D eigenvalue weighted by molar-refractivity contribution is -0.240. The summed E-state index contributed by atoms with van der Waals surface area (Å²) in [6, 6.07) is 9.82. The first-order valence-electron chi connectivity index (χ1n) is 8.17. The van der Waals surface area contributed by atoms with Gasteiger partial charge in [-0.25, -0.2) is 0 Å². The van der Waals surface area contributed by atoms with Crippen molar-refractivity contribution in [1.82, 2.24) is 0 Å². The third kappa shape index (κ3) is 5.01. The first-order valence-corrected chi connectivity index (χ1v) is 8.17. The number of esters is 2. The van der Waals surface area contributed by atoms with E-state index in [1.165, 1.54) is 21.0 Å². The number of hydrogen-bond acceptors (Lipinski definition) is 7. The molecule has 1 aliphatic rings. The third-order valence-electron chi connectivity index (χ3n) is 4.29. The van der Waals surface area contributed by atoms with Gasteiger partial charge in [0.05, 0.1) is 12.7 Å². The van der Waals surface area contributed by atoms with Crippen molar-refractivity contribution >= 4 is 11.9 Å². The van der Waals surface area contributed by atoms with Crippen LogP contribution in [0.5, 0.6) is 0 Å². The molecule has 0 aromatic heterocycles. The van der Waals surface area contributed by atoms with E-state index in [1.54, 1.807) is 0 Å². The van der Waals surface area contributed by atoms with Gasteiger partial charge in [0.15, 0.2) is 12.3 Å². The number of hydrogen-bond donors (Lipinski definition) is 1. The van der Waals surface area contributed by atoms with Gasteiger partial charge in [0, 0.05) is 33.8 Å². The normalized spacial score (nSPS) is 24.7. The molecule has 0 aliphatic heterocycles. The van der Waals surface area contributed by atoms with Crippen LogP contribution in [0, 0.1) is 0 Å². The van der Waals surface area contributed by atoms with Crippen LogP contribution in [-0.4, -0.2) is 43.1 Å². The van der Waals surface area contributed by atoms with Gasteiger partial charge >= 0.3 is 11.9 Å². The molecule has 1 aromatic rings. The molecule has 2 atom stereocenters. The van der Waals surface area contributed by atoms with Crippen molar-refractivity contribution in [3.8, 4) is 0 Å². The Morgan fingerprint density at radius 3 is 2.28 bits per heavy atom. The Morgan fingerprint density at radius 1 is 1.16 bits per heavy atom. The summed E-state index contributed by atoms with van der Waals surface area (Å²) in [6.07, 6.45) is -1.07. The number of nitrogens with two attached hydrogens (primary N) is 1. The molecule has 1 fully saturated rings. The van der Waals surface area contributed by atoms with Crippen LogP contribution < -0.4 is 5.73 Å². The summed E-state index contributed by atoms with van der Waals surface area (Å²) in [6.45, 7) is 3.01. The SMILES string of the molecule is CO[C@]1([C@@H](OC(C)=O)[C@H](N)OC(C)=O)C[C@H](OCc2ccccc2)C1. The fourth-order valence-corrected chi connectivity index (χ4v) is 3.04. The number of rotatable bonds is 8.